The summed E-state index contributed by atoms with van der Waals surface area (Å²) < 4.78 is 6.31. The van der Waals surface area contributed by atoms with E-state index in [9.17, 15) is 15.2 Å². The van der Waals surface area contributed by atoms with Crippen molar-refractivity contribution in [1.82, 2.24) is 9.78 Å². The average molecular weight is 280 g/mol. The van der Waals surface area contributed by atoms with Crippen molar-refractivity contribution in [2.45, 2.75) is 12.6 Å². The second-order valence-corrected chi connectivity index (χ2v) is 3.74. The van der Waals surface area contributed by atoms with E-state index in [-0.39, 0.29) is 23.4 Å². The molecular weight excluding hydrogens is 270 g/mol. The summed E-state index contributed by atoms with van der Waals surface area (Å²) in [5.74, 6) is -0.264. The zero-order valence-electron chi connectivity index (χ0n) is 7.96. The van der Waals surface area contributed by atoms with E-state index in [0.717, 1.165) is 0 Å². The molecule has 84 valence electrons. The van der Waals surface area contributed by atoms with Crippen molar-refractivity contribution >= 4 is 21.7 Å². The fourth-order valence-corrected chi connectivity index (χ4v) is 1.53. The van der Waals surface area contributed by atoms with Crippen LogP contribution in [0.3, 0.4) is 0 Å². The van der Waals surface area contributed by atoms with E-state index in [1.54, 1.807) is 0 Å². The van der Waals surface area contributed by atoms with Gasteiger partial charge in [-0.25, -0.2) is 0 Å². The number of rotatable bonds is 5. The van der Waals surface area contributed by atoms with E-state index in [2.05, 4.69) is 21.0 Å². The maximum absolute atomic E-state index is 10.5. The van der Waals surface area contributed by atoms with Gasteiger partial charge in [0.05, 0.1) is 30.6 Å². The highest BCUT2D eigenvalue weighted by atomic mass is 79.9. The second kappa shape index (κ2) is 5.19. The normalized spacial score (nSPS) is 12.7. The van der Waals surface area contributed by atoms with Gasteiger partial charge in [-0.2, -0.15) is 4.68 Å². The maximum atomic E-state index is 10.5. The van der Waals surface area contributed by atoms with Crippen LogP contribution >= 0.6 is 15.9 Å². The van der Waals surface area contributed by atoms with Crippen molar-refractivity contribution in [2.75, 3.05) is 13.7 Å². The van der Waals surface area contributed by atoms with Gasteiger partial charge in [-0.3, -0.25) is 0 Å². The predicted octanol–water partition coefficient (Wildman–Crippen LogP) is 0.561. The standard InChI is InChI=1S/C7H10BrN3O4/c1-15-4-5(12)2-10-3-6(8)7(9-10)11(13)14/h3,5,12H,2,4H2,1H3. The lowest BCUT2D eigenvalue weighted by Gasteiger charge is -2.05. The van der Waals surface area contributed by atoms with Crippen LogP contribution in [0.2, 0.25) is 0 Å². The van der Waals surface area contributed by atoms with Crippen molar-refractivity contribution < 1.29 is 14.8 Å². The molecule has 1 unspecified atom stereocenters. The minimum absolute atomic E-state index is 0.153. The van der Waals surface area contributed by atoms with Crippen molar-refractivity contribution in [1.29, 1.82) is 0 Å². The molecule has 1 rings (SSSR count). The molecule has 1 aromatic rings. The molecule has 1 heterocycles. The van der Waals surface area contributed by atoms with E-state index in [1.165, 1.54) is 18.0 Å². The van der Waals surface area contributed by atoms with Crippen LogP contribution in [-0.2, 0) is 11.3 Å². The smallest absolute Gasteiger partial charge is 0.389 e. The van der Waals surface area contributed by atoms with Crippen LogP contribution in [0.5, 0.6) is 0 Å². The van der Waals surface area contributed by atoms with E-state index in [4.69, 9.17) is 4.74 Å². The summed E-state index contributed by atoms with van der Waals surface area (Å²) in [6, 6.07) is 0. The third-order valence-electron chi connectivity index (χ3n) is 1.63. The number of ether oxygens (including phenoxy) is 1. The Kier molecular flexibility index (Phi) is 4.18. The number of halogens is 1. The third-order valence-corrected chi connectivity index (χ3v) is 2.19. The lowest BCUT2D eigenvalue weighted by atomic mass is 10.4. The molecule has 0 aliphatic heterocycles. The maximum Gasteiger partial charge on any atom is 0.404 e. The number of aromatic nitrogens is 2. The summed E-state index contributed by atoms with van der Waals surface area (Å²) in [5.41, 5.74) is 0. The van der Waals surface area contributed by atoms with Crippen molar-refractivity contribution in [2.24, 2.45) is 0 Å². The number of methoxy groups -OCH3 is 1. The minimum atomic E-state index is -0.735. The quantitative estimate of drug-likeness (QED) is 0.628. The van der Waals surface area contributed by atoms with Gasteiger partial charge in [-0.15, -0.1) is 0 Å². The van der Waals surface area contributed by atoms with E-state index >= 15 is 0 Å². The molecule has 0 spiro atoms. The molecule has 0 aromatic carbocycles. The fraction of sp³-hybridized carbons (Fsp3) is 0.571. The largest absolute Gasteiger partial charge is 0.404 e. The lowest BCUT2D eigenvalue weighted by molar-refractivity contribution is -0.390. The molecule has 7 nitrogen and oxygen atoms in total. The van der Waals surface area contributed by atoms with Crippen molar-refractivity contribution in [3.05, 3.63) is 20.8 Å². The number of aliphatic hydroxyl groups excluding tert-OH is 1. The molecule has 8 heteroatoms. The summed E-state index contributed by atoms with van der Waals surface area (Å²) in [6.07, 6.45) is 0.707. The molecule has 1 atom stereocenters. The molecule has 0 saturated heterocycles. The molecule has 1 aromatic heterocycles. The van der Waals surface area contributed by atoms with Crippen LogP contribution < -0.4 is 0 Å². The zero-order chi connectivity index (χ0) is 11.4. The Morgan fingerprint density at radius 3 is 3.00 bits per heavy atom. The third kappa shape index (κ3) is 3.26. The summed E-state index contributed by atoms with van der Waals surface area (Å²) in [5, 5.41) is 23.5. The highest BCUT2D eigenvalue weighted by molar-refractivity contribution is 9.10. The first-order valence-electron chi connectivity index (χ1n) is 4.09. The van der Waals surface area contributed by atoms with Gasteiger partial charge in [-0.05, 0) is 20.9 Å². The summed E-state index contributed by atoms with van der Waals surface area (Å²) in [7, 11) is 1.46. The van der Waals surface area contributed by atoms with Gasteiger partial charge in [0, 0.05) is 7.11 Å². The first-order valence-corrected chi connectivity index (χ1v) is 4.88. The molecule has 15 heavy (non-hydrogen) atoms. The van der Waals surface area contributed by atoms with E-state index < -0.39 is 11.0 Å². The summed E-state index contributed by atoms with van der Waals surface area (Å²) in [4.78, 5) is 9.87. The number of hydrogen-bond acceptors (Lipinski definition) is 5. The molecule has 0 bridgehead atoms. The van der Waals surface area contributed by atoms with Crippen LogP contribution in [0.25, 0.3) is 0 Å². The highest BCUT2D eigenvalue weighted by Crippen LogP contribution is 2.21. The Morgan fingerprint density at radius 1 is 1.87 bits per heavy atom. The molecule has 0 radical (unpaired) electrons. The SMILES string of the molecule is COCC(O)Cn1cc(Br)c([N+](=O)[O-])n1. The molecule has 0 fully saturated rings. The number of hydrogen-bond donors (Lipinski definition) is 1. The first kappa shape index (κ1) is 12.1. The Balaban J connectivity index is 2.71. The van der Waals surface area contributed by atoms with Crippen molar-refractivity contribution in [3.63, 3.8) is 0 Å². The van der Waals surface area contributed by atoms with Crippen LogP contribution in [0.4, 0.5) is 5.82 Å². The van der Waals surface area contributed by atoms with Crippen molar-refractivity contribution in [3.8, 4) is 0 Å². The van der Waals surface area contributed by atoms with Gasteiger partial charge in [0.15, 0.2) is 0 Å². The van der Waals surface area contributed by atoms with Gasteiger partial charge in [0.2, 0.25) is 0 Å². The van der Waals surface area contributed by atoms with Gasteiger partial charge in [0.25, 0.3) is 0 Å². The first-order chi connectivity index (χ1) is 7.04. The molecular formula is C7H10BrN3O4. The highest BCUT2D eigenvalue weighted by Gasteiger charge is 2.19. The van der Waals surface area contributed by atoms with Gasteiger partial charge in [-0.1, -0.05) is 0 Å². The Hall–Kier alpha value is -0.990. The fourth-order valence-electron chi connectivity index (χ4n) is 1.07. The van der Waals surface area contributed by atoms with Gasteiger partial charge >= 0.3 is 5.82 Å². The Labute approximate surface area is 93.9 Å². The predicted molar refractivity (Wildman–Crippen MR) is 54.5 cm³/mol. The molecule has 0 aliphatic carbocycles. The monoisotopic (exact) mass is 279 g/mol. The van der Waals surface area contributed by atoms with Crippen LogP contribution in [0.1, 0.15) is 0 Å². The van der Waals surface area contributed by atoms with Crippen LogP contribution in [0.15, 0.2) is 10.7 Å². The molecule has 0 saturated carbocycles. The van der Waals surface area contributed by atoms with E-state index in [0.29, 0.717) is 0 Å². The molecule has 0 aliphatic rings. The summed E-state index contributed by atoms with van der Waals surface area (Å²) >= 11 is 3.01. The lowest BCUT2D eigenvalue weighted by Crippen LogP contribution is -2.21. The summed E-state index contributed by atoms with van der Waals surface area (Å²) in [6.45, 7) is 0.311. The van der Waals surface area contributed by atoms with Gasteiger partial charge < -0.3 is 20.0 Å². The topological polar surface area (TPSA) is 90.4 Å². The van der Waals surface area contributed by atoms with Crippen LogP contribution in [-0.4, -0.2) is 39.6 Å². The Morgan fingerprint density at radius 2 is 2.53 bits per heavy atom. The molecule has 0 amide bonds. The van der Waals surface area contributed by atoms with Crippen LogP contribution in [0, 0.1) is 10.1 Å². The number of nitro groups is 1. The zero-order valence-corrected chi connectivity index (χ0v) is 9.55. The molecule has 1 N–H and O–H groups in total. The number of aliphatic hydroxyl groups is 1. The second-order valence-electron chi connectivity index (χ2n) is 2.89. The van der Waals surface area contributed by atoms with E-state index in [1.807, 2.05) is 0 Å². The Bertz CT molecular complexity index is 354. The minimum Gasteiger partial charge on any atom is -0.389 e. The number of nitrogens with zero attached hydrogens (tertiary/aromatic N) is 3. The van der Waals surface area contributed by atoms with Gasteiger partial charge in [0.1, 0.15) is 4.47 Å². The average Bonchev–Trinajstić information content (AvgIpc) is 2.47.